The minimum absolute atomic E-state index is 0.263. The minimum atomic E-state index is -3.65. The molecule has 7 heteroatoms. The lowest BCUT2D eigenvalue weighted by Gasteiger charge is -2.12. The Morgan fingerprint density at radius 1 is 1.36 bits per heavy atom. The minimum Gasteiger partial charge on any atom is -0.491 e. The molecule has 0 bridgehead atoms. The smallest absolute Gasteiger partial charge is 0.244 e. The highest BCUT2D eigenvalue weighted by Gasteiger charge is 2.31. The molecule has 118 valence electrons. The van der Waals surface area contributed by atoms with Crippen molar-refractivity contribution < 1.29 is 13.2 Å². The second kappa shape index (κ2) is 5.40. The number of nitrogens with one attached hydrogen (secondary N) is 1. The van der Waals surface area contributed by atoms with E-state index in [-0.39, 0.29) is 10.9 Å². The van der Waals surface area contributed by atoms with Gasteiger partial charge < -0.3 is 4.74 Å². The molecule has 0 saturated heterocycles. The van der Waals surface area contributed by atoms with Gasteiger partial charge >= 0.3 is 0 Å². The van der Waals surface area contributed by atoms with Gasteiger partial charge in [-0.3, -0.25) is 4.68 Å². The first kappa shape index (κ1) is 15.1. The van der Waals surface area contributed by atoms with E-state index in [0.29, 0.717) is 24.5 Å². The van der Waals surface area contributed by atoms with Gasteiger partial charge in [0.25, 0.3) is 0 Å². The number of ether oxygens (including phenoxy) is 1. The summed E-state index contributed by atoms with van der Waals surface area (Å²) in [5, 5.41) is 4.28. The van der Waals surface area contributed by atoms with E-state index in [1.165, 1.54) is 0 Å². The number of fused-ring (bicyclic) bond motifs is 1. The fraction of sp³-hybridized carbons (Fsp3) is 0.400. The van der Waals surface area contributed by atoms with Crippen molar-refractivity contribution in [1.82, 2.24) is 14.5 Å². The van der Waals surface area contributed by atoms with Crippen LogP contribution >= 0.6 is 0 Å². The Morgan fingerprint density at radius 3 is 2.77 bits per heavy atom. The molecule has 3 rings (SSSR count). The molecule has 6 nitrogen and oxygen atoms in total. The summed E-state index contributed by atoms with van der Waals surface area (Å²) in [6.07, 6.45) is 0. The Bertz CT molecular complexity index is 811. The van der Waals surface area contributed by atoms with E-state index in [9.17, 15) is 8.42 Å². The first-order valence-electron chi connectivity index (χ1n) is 7.22. The van der Waals surface area contributed by atoms with Gasteiger partial charge in [-0.1, -0.05) is 18.2 Å². The average molecular weight is 321 g/mol. The predicted octanol–water partition coefficient (Wildman–Crippen LogP) is 1.93. The zero-order valence-electron chi connectivity index (χ0n) is 12.8. The number of benzene rings is 1. The maximum atomic E-state index is 12.7. The second-order valence-corrected chi connectivity index (χ2v) is 6.99. The molecule has 0 amide bonds. The van der Waals surface area contributed by atoms with Crippen molar-refractivity contribution in [2.75, 3.05) is 6.61 Å². The molecule has 0 radical (unpaired) electrons. The Hall–Kier alpha value is -1.86. The van der Waals surface area contributed by atoms with Crippen LogP contribution < -0.4 is 9.46 Å². The molecule has 22 heavy (non-hydrogen) atoms. The zero-order chi connectivity index (χ0) is 15.9. The number of nitrogens with zero attached hydrogens (tertiary/aromatic N) is 2. The van der Waals surface area contributed by atoms with Gasteiger partial charge in [-0.25, -0.2) is 8.42 Å². The van der Waals surface area contributed by atoms with Crippen molar-refractivity contribution in [1.29, 1.82) is 0 Å². The fourth-order valence-electron chi connectivity index (χ4n) is 2.88. The van der Waals surface area contributed by atoms with Crippen LogP contribution in [0, 0.1) is 13.8 Å². The van der Waals surface area contributed by atoms with E-state index in [1.54, 1.807) is 18.5 Å². The summed E-state index contributed by atoms with van der Waals surface area (Å²) in [7, 11) is -3.65. The first-order valence-corrected chi connectivity index (χ1v) is 8.70. The highest BCUT2D eigenvalue weighted by molar-refractivity contribution is 7.89. The molecule has 0 fully saturated rings. The molecule has 1 N–H and O–H groups in total. The Balaban J connectivity index is 1.94. The maximum Gasteiger partial charge on any atom is 0.244 e. The van der Waals surface area contributed by atoms with Gasteiger partial charge in [0.15, 0.2) is 0 Å². The van der Waals surface area contributed by atoms with Crippen LogP contribution in [0.4, 0.5) is 0 Å². The number of hydrogen-bond donors (Lipinski definition) is 1. The number of rotatable bonds is 4. The van der Waals surface area contributed by atoms with Crippen molar-refractivity contribution in [3.05, 3.63) is 41.2 Å². The average Bonchev–Trinajstić information content (AvgIpc) is 3.00. The molecule has 0 saturated carbocycles. The molecule has 2 aromatic rings. The lowest BCUT2D eigenvalue weighted by Crippen LogP contribution is -2.30. The first-order chi connectivity index (χ1) is 10.4. The topological polar surface area (TPSA) is 73.2 Å². The lowest BCUT2D eigenvalue weighted by molar-refractivity contribution is 0.325. The van der Waals surface area contributed by atoms with Gasteiger partial charge in [-0.05, 0) is 26.8 Å². The molecular weight excluding hydrogens is 302 g/mol. The Kier molecular flexibility index (Phi) is 3.70. The van der Waals surface area contributed by atoms with Crippen LogP contribution in [0.25, 0.3) is 0 Å². The van der Waals surface area contributed by atoms with E-state index in [4.69, 9.17) is 4.74 Å². The van der Waals surface area contributed by atoms with Gasteiger partial charge in [0.1, 0.15) is 17.3 Å². The molecule has 0 spiro atoms. The van der Waals surface area contributed by atoms with E-state index < -0.39 is 10.0 Å². The van der Waals surface area contributed by atoms with E-state index >= 15 is 0 Å². The summed E-state index contributed by atoms with van der Waals surface area (Å²) < 4.78 is 35.5. The molecule has 0 aliphatic carbocycles. The number of hydrogen-bond acceptors (Lipinski definition) is 4. The number of para-hydroxylation sites is 1. The maximum absolute atomic E-state index is 12.7. The van der Waals surface area contributed by atoms with Crippen molar-refractivity contribution in [2.45, 2.75) is 38.3 Å². The standard InChI is InChI=1S/C15H19N3O3S/c1-4-18-11(3)15(10(2)16-18)22(19,20)17-13-9-21-14-8-6-5-7-12(13)14/h5-8,13,17H,4,9H2,1-3H3/t13-/m0/s1. The molecule has 1 aromatic carbocycles. The molecule has 0 unspecified atom stereocenters. The van der Waals surface area contributed by atoms with Crippen LogP contribution in [0.5, 0.6) is 5.75 Å². The quantitative estimate of drug-likeness (QED) is 0.934. The molecule has 1 aromatic heterocycles. The third-order valence-corrected chi connectivity index (χ3v) is 5.60. The van der Waals surface area contributed by atoms with E-state index in [2.05, 4.69) is 9.82 Å². The van der Waals surface area contributed by atoms with Gasteiger partial charge in [-0.15, -0.1) is 0 Å². The summed E-state index contributed by atoms with van der Waals surface area (Å²) in [5.74, 6) is 0.730. The number of aryl methyl sites for hydroxylation is 2. The summed E-state index contributed by atoms with van der Waals surface area (Å²) >= 11 is 0. The monoisotopic (exact) mass is 321 g/mol. The molecule has 2 heterocycles. The van der Waals surface area contributed by atoms with Crippen molar-refractivity contribution in [3.8, 4) is 5.75 Å². The van der Waals surface area contributed by atoms with E-state index in [0.717, 1.165) is 11.3 Å². The van der Waals surface area contributed by atoms with Crippen LogP contribution in [0.1, 0.15) is 29.9 Å². The van der Waals surface area contributed by atoms with Crippen LogP contribution in [-0.4, -0.2) is 24.8 Å². The Labute approximate surface area is 130 Å². The van der Waals surface area contributed by atoms with E-state index in [1.807, 2.05) is 31.2 Å². The third kappa shape index (κ3) is 2.40. The highest BCUT2D eigenvalue weighted by Crippen LogP contribution is 2.33. The third-order valence-electron chi connectivity index (χ3n) is 3.88. The molecule has 1 aliphatic heterocycles. The van der Waals surface area contributed by atoms with Crippen LogP contribution in [-0.2, 0) is 16.6 Å². The fourth-order valence-corrected chi connectivity index (χ4v) is 4.50. The SMILES string of the molecule is CCn1nc(C)c(S(=O)(=O)N[C@H]2COc3ccccc32)c1C. The molecular formula is C15H19N3O3S. The molecule has 1 atom stereocenters. The molecule has 1 aliphatic rings. The highest BCUT2D eigenvalue weighted by atomic mass is 32.2. The van der Waals surface area contributed by atoms with Crippen molar-refractivity contribution in [3.63, 3.8) is 0 Å². The Morgan fingerprint density at radius 2 is 2.09 bits per heavy atom. The zero-order valence-corrected chi connectivity index (χ0v) is 13.6. The number of aromatic nitrogens is 2. The normalized spacial score (nSPS) is 17.3. The van der Waals surface area contributed by atoms with Gasteiger partial charge in [0, 0.05) is 12.1 Å². The van der Waals surface area contributed by atoms with Crippen LogP contribution in [0.2, 0.25) is 0 Å². The van der Waals surface area contributed by atoms with Crippen molar-refractivity contribution in [2.24, 2.45) is 0 Å². The van der Waals surface area contributed by atoms with Gasteiger partial charge in [0.2, 0.25) is 10.0 Å². The number of sulfonamides is 1. The van der Waals surface area contributed by atoms with Crippen molar-refractivity contribution >= 4 is 10.0 Å². The van der Waals surface area contributed by atoms with Gasteiger partial charge in [-0.2, -0.15) is 9.82 Å². The van der Waals surface area contributed by atoms with Crippen LogP contribution in [0.3, 0.4) is 0 Å². The summed E-state index contributed by atoms with van der Waals surface area (Å²) in [4.78, 5) is 0.263. The summed E-state index contributed by atoms with van der Waals surface area (Å²) in [6, 6.07) is 7.10. The largest absolute Gasteiger partial charge is 0.491 e. The second-order valence-electron chi connectivity index (χ2n) is 5.34. The predicted molar refractivity (Wildman–Crippen MR) is 82.4 cm³/mol. The lowest BCUT2D eigenvalue weighted by atomic mass is 10.1. The summed E-state index contributed by atoms with van der Waals surface area (Å²) in [6.45, 7) is 6.37. The summed E-state index contributed by atoms with van der Waals surface area (Å²) in [5.41, 5.74) is 2.03. The van der Waals surface area contributed by atoms with Gasteiger partial charge in [0.05, 0.1) is 17.4 Å². The van der Waals surface area contributed by atoms with Crippen LogP contribution in [0.15, 0.2) is 29.2 Å².